The first-order valence-electron chi connectivity index (χ1n) is 8.24. The summed E-state index contributed by atoms with van der Waals surface area (Å²) in [5.74, 6) is 1.17. The predicted molar refractivity (Wildman–Crippen MR) is 89.0 cm³/mol. The van der Waals surface area contributed by atoms with Gasteiger partial charge in [0.05, 0.1) is 19.6 Å². The smallest absolute Gasteiger partial charge is 0.307 e. The maximum Gasteiger partial charge on any atom is 0.307 e. The molecule has 1 aliphatic heterocycles. The molecule has 1 aromatic carbocycles. The molecule has 0 aromatic heterocycles. The van der Waals surface area contributed by atoms with Crippen LogP contribution in [-0.2, 0) is 11.3 Å². The lowest BCUT2D eigenvalue weighted by atomic mass is 10.1. The quantitative estimate of drug-likeness (QED) is 0.797. The fraction of sp³-hybridized carbons (Fsp3) is 0.611. The number of carboxylic acids is 1. The Morgan fingerprint density at radius 1 is 1.39 bits per heavy atom. The van der Waals surface area contributed by atoms with Gasteiger partial charge in [0.25, 0.3) is 0 Å². The summed E-state index contributed by atoms with van der Waals surface area (Å²) >= 11 is 0. The van der Waals surface area contributed by atoms with E-state index in [4.69, 9.17) is 14.6 Å². The van der Waals surface area contributed by atoms with E-state index in [1.54, 1.807) is 7.11 Å². The Hall–Kier alpha value is -1.75. The van der Waals surface area contributed by atoms with Crippen LogP contribution in [0.4, 0.5) is 0 Å². The molecule has 5 nitrogen and oxygen atoms in total. The van der Waals surface area contributed by atoms with Gasteiger partial charge in [-0.25, -0.2) is 0 Å². The van der Waals surface area contributed by atoms with E-state index < -0.39 is 5.97 Å². The topological polar surface area (TPSA) is 59.0 Å². The van der Waals surface area contributed by atoms with E-state index in [1.165, 1.54) is 0 Å². The summed E-state index contributed by atoms with van der Waals surface area (Å²) in [6.45, 7) is 7.19. The minimum Gasteiger partial charge on any atom is -0.493 e. The molecule has 1 saturated heterocycles. The van der Waals surface area contributed by atoms with Crippen LogP contribution in [0.15, 0.2) is 18.2 Å². The van der Waals surface area contributed by atoms with Gasteiger partial charge in [-0.2, -0.15) is 0 Å². The SMILES string of the molecule is COc1ccc(CN2CCC(C(=O)O)C2)cc1OCCC(C)C. The molecule has 1 N–H and O–H groups in total. The number of methoxy groups -OCH3 is 1. The van der Waals surface area contributed by atoms with Gasteiger partial charge in [0.15, 0.2) is 11.5 Å². The molecule has 1 aromatic rings. The molecule has 0 amide bonds. The van der Waals surface area contributed by atoms with Crippen molar-refractivity contribution < 1.29 is 19.4 Å². The number of ether oxygens (including phenoxy) is 2. The van der Waals surface area contributed by atoms with Gasteiger partial charge in [0.1, 0.15) is 0 Å². The summed E-state index contributed by atoms with van der Waals surface area (Å²) in [4.78, 5) is 13.2. The number of nitrogens with zero attached hydrogens (tertiary/aromatic N) is 1. The highest BCUT2D eigenvalue weighted by molar-refractivity contribution is 5.70. The average molecular weight is 321 g/mol. The highest BCUT2D eigenvalue weighted by Crippen LogP contribution is 2.29. The predicted octanol–water partition coefficient (Wildman–Crippen LogP) is 3.03. The Kier molecular flexibility index (Phi) is 6.28. The zero-order valence-corrected chi connectivity index (χ0v) is 14.2. The van der Waals surface area contributed by atoms with Crippen LogP contribution in [0.25, 0.3) is 0 Å². The number of aliphatic carboxylic acids is 1. The highest BCUT2D eigenvalue weighted by atomic mass is 16.5. The molecule has 1 atom stereocenters. The average Bonchev–Trinajstić information content (AvgIpc) is 2.96. The summed E-state index contributed by atoms with van der Waals surface area (Å²) < 4.78 is 11.2. The fourth-order valence-electron chi connectivity index (χ4n) is 2.77. The van der Waals surface area contributed by atoms with Crippen LogP contribution in [0.3, 0.4) is 0 Å². The van der Waals surface area contributed by atoms with Crippen molar-refractivity contribution in [1.82, 2.24) is 4.90 Å². The zero-order chi connectivity index (χ0) is 16.8. The second kappa shape index (κ2) is 8.20. The first-order chi connectivity index (χ1) is 11.0. The third-order valence-electron chi connectivity index (χ3n) is 4.21. The largest absolute Gasteiger partial charge is 0.493 e. The van der Waals surface area contributed by atoms with Crippen LogP contribution >= 0.6 is 0 Å². The fourth-order valence-corrected chi connectivity index (χ4v) is 2.77. The van der Waals surface area contributed by atoms with Crippen LogP contribution < -0.4 is 9.47 Å². The Bertz CT molecular complexity index is 530. The summed E-state index contributed by atoms with van der Waals surface area (Å²) in [7, 11) is 1.64. The van der Waals surface area contributed by atoms with Gasteiger partial charge in [0, 0.05) is 13.1 Å². The molecule has 0 aliphatic carbocycles. The first kappa shape index (κ1) is 17.6. The van der Waals surface area contributed by atoms with Crippen molar-refractivity contribution in [3.8, 4) is 11.5 Å². The number of likely N-dealkylation sites (tertiary alicyclic amines) is 1. The Morgan fingerprint density at radius 3 is 2.78 bits per heavy atom. The molecule has 2 rings (SSSR count). The Balaban J connectivity index is 1.98. The van der Waals surface area contributed by atoms with Crippen LogP contribution in [0.2, 0.25) is 0 Å². The molecule has 5 heteroatoms. The van der Waals surface area contributed by atoms with Gasteiger partial charge in [-0.3, -0.25) is 9.69 Å². The lowest BCUT2D eigenvalue weighted by Crippen LogP contribution is -2.22. The second-order valence-electron chi connectivity index (χ2n) is 6.58. The van der Waals surface area contributed by atoms with Gasteiger partial charge in [-0.05, 0) is 43.0 Å². The van der Waals surface area contributed by atoms with E-state index >= 15 is 0 Å². The van der Waals surface area contributed by atoms with Crippen molar-refractivity contribution in [2.75, 3.05) is 26.8 Å². The van der Waals surface area contributed by atoms with Crippen molar-refractivity contribution in [2.24, 2.45) is 11.8 Å². The maximum absolute atomic E-state index is 11.0. The lowest BCUT2D eigenvalue weighted by Gasteiger charge is -2.17. The maximum atomic E-state index is 11.0. The minimum absolute atomic E-state index is 0.241. The zero-order valence-electron chi connectivity index (χ0n) is 14.2. The normalized spacial score (nSPS) is 18.3. The van der Waals surface area contributed by atoms with Gasteiger partial charge in [0.2, 0.25) is 0 Å². The molecule has 0 radical (unpaired) electrons. The van der Waals surface area contributed by atoms with Crippen LogP contribution in [0.1, 0.15) is 32.3 Å². The number of hydrogen-bond acceptors (Lipinski definition) is 4. The van der Waals surface area contributed by atoms with Crippen molar-refractivity contribution in [3.63, 3.8) is 0 Å². The molecule has 23 heavy (non-hydrogen) atoms. The van der Waals surface area contributed by atoms with Crippen LogP contribution in [0.5, 0.6) is 11.5 Å². The molecular weight excluding hydrogens is 294 g/mol. The molecule has 128 valence electrons. The summed E-state index contributed by atoms with van der Waals surface area (Å²) in [5, 5.41) is 9.09. The summed E-state index contributed by atoms with van der Waals surface area (Å²) in [6, 6.07) is 5.94. The van der Waals surface area contributed by atoms with E-state index in [0.29, 0.717) is 19.1 Å². The summed E-state index contributed by atoms with van der Waals surface area (Å²) in [5.41, 5.74) is 1.12. The van der Waals surface area contributed by atoms with Gasteiger partial charge >= 0.3 is 5.97 Å². The van der Waals surface area contributed by atoms with Crippen LogP contribution in [-0.4, -0.2) is 42.8 Å². The van der Waals surface area contributed by atoms with Gasteiger partial charge < -0.3 is 14.6 Å². The number of hydrogen-bond donors (Lipinski definition) is 1. The van der Waals surface area contributed by atoms with E-state index in [0.717, 1.165) is 43.0 Å². The van der Waals surface area contributed by atoms with Crippen molar-refractivity contribution >= 4 is 5.97 Å². The molecule has 0 spiro atoms. The second-order valence-corrected chi connectivity index (χ2v) is 6.58. The third-order valence-corrected chi connectivity index (χ3v) is 4.21. The number of carboxylic acid groups (broad SMARTS) is 1. The number of benzene rings is 1. The van der Waals surface area contributed by atoms with Crippen LogP contribution in [0, 0.1) is 11.8 Å². The molecule has 1 heterocycles. The van der Waals surface area contributed by atoms with Crippen molar-refractivity contribution in [1.29, 1.82) is 0 Å². The Labute approximate surface area is 138 Å². The molecule has 1 fully saturated rings. The lowest BCUT2D eigenvalue weighted by molar-refractivity contribution is -0.141. The van der Waals surface area contributed by atoms with Crippen molar-refractivity contribution in [2.45, 2.75) is 33.2 Å². The van der Waals surface area contributed by atoms with E-state index in [2.05, 4.69) is 18.7 Å². The van der Waals surface area contributed by atoms with Gasteiger partial charge in [-0.1, -0.05) is 19.9 Å². The van der Waals surface area contributed by atoms with E-state index in [1.807, 2.05) is 18.2 Å². The third kappa shape index (κ3) is 5.13. The van der Waals surface area contributed by atoms with E-state index in [-0.39, 0.29) is 5.92 Å². The van der Waals surface area contributed by atoms with Gasteiger partial charge in [-0.15, -0.1) is 0 Å². The number of rotatable bonds is 8. The monoisotopic (exact) mass is 321 g/mol. The molecule has 1 unspecified atom stereocenters. The Morgan fingerprint density at radius 2 is 2.17 bits per heavy atom. The standard InChI is InChI=1S/C18H27NO4/c1-13(2)7-9-23-17-10-14(4-5-16(17)22-3)11-19-8-6-15(12-19)18(20)21/h4-5,10,13,15H,6-9,11-12H2,1-3H3,(H,20,21). The molecular formula is C18H27NO4. The molecule has 0 saturated carbocycles. The minimum atomic E-state index is -0.695. The van der Waals surface area contributed by atoms with E-state index in [9.17, 15) is 4.79 Å². The molecule has 0 bridgehead atoms. The number of carbonyl (C=O) groups is 1. The van der Waals surface area contributed by atoms with Crippen molar-refractivity contribution in [3.05, 3.63) is 23.8 Å². The molecule has 1 aliphatic rings. The first-order valence-corrected chi connectivity index (χ1v) is 8.24. The summed E-state index contributed by atoms with van der Waals surface area (Å²) in [6.07, 6.45) is 1.73. The highest BCUT2D eigenvalue weighted by Gasteiger charge is 2.27.